The first-order valence-corrected chi connectivity index (χ1v) is 19.9. The minimum Gasteiger partial charge on any atom is -0.228 e. The number of fused-ring (bicyclic) bond motifs is 9. The van der Waals surface area contributed by atoms with Crippen LogP contribution in [0, 0.1) is 0 Å². The van der Waals surface area contributed by atoms with Crippen LogP contribution in [0.3, 0.4) is 0 Å². The first-order chi connectivity index (χ1) is 27.7. The molecule has 2 nitrogen and oxygen atoms in total. The molecule has 9 aromatic rings. The molecule has 0 unspecified atom stereocenters. The average Bonchev–Trinajstić information content (AvgIpc) is 3.57. The SMILES string of the molecule is c1ccc(-c2cccc(-c3cc(-c4ccc(-c5ccc6c(c5)C5(c7ccccc7S6)c6ccccc6-c6ccccc65)cc4)nc(-c4ccccc4)n3)c2)cc1. The zero-order chi connectivity index (χ0) is 37.1. The largest absolute Gasteiger partial charge is 0.228 e. The zero-order valence-electron chi connectivity index (χ0n) is 30.4. The lowest BCUT2D eigenvalue weighted by atomic mass is 9.67. The van der Waals surface area contributed by atoms with Crippen LogP contribution in [0.15, 0.2) is 216 Å². The maximum atomic E-state index is 5.14. The van der Waals surface area contributed by atoms with E-state index in [2.05, 4.69) is 188 Å². The van der Waals surface area contributed by atoms with Crippen molar-refractivity contribution in [3.63, 3.8) is 0 Å². The Bertz CT molecular complexity index is 2890. The standard InChI is InChI=1S/C53H34N2S/c1-3-14-35(15-4-1)39-18-13-19-41(32-39)49-34-48(54-52(55-49)38-16-5-2-6-17-38)37-28-26-36(27-29-37)40-30-31-51-47(33-40)53(46-24-11-12-25-50(46)56-51)44-22-9-7-20-42(44)43-21-8-10-23-45(43)53/h1-34H. The maximum Gasteiger partial charge on any atom is 0.160 e. The number of hydrogen-bond acceptors (Lipinski definition) is 3. The number of rotatable bonds is 5. The maximum absolute atomic E-state index is 5.14. The van der Waals surface area contributed by atoms with Gasteiger partial charge >= 0.3 is 0 Å². The van der Waals surface area contributed by atoms with E-state index in [0.29, 0.717) is 5.82 Å². The summed E-state index contributed by atoms with van der Waals surface area (Å²) < 4.78 is 0. The number of nitrogens with zero attached hydrogens (tertiary/aromatic N) is 2. The molecule has 0 saturated carbocycles. The van der Waals surface area contributed by atoms with Crippen LogP contribution in [-0.4, -0.2) is 9.97 Å². The van der Waals surface area contributed by atoms with Gasteiger partial charge in [-0.2, -0.15) is 0 Å². The summed E-state index contributed by atoms with van der Waals surface area (Å²) in [5.41, 5.74) is 17.2. The number of aromatic nitrogens is 2. The fourth-order valence-corrected chi connectivity index (χ4v) is 9.99. The number of hydrogen-bond donors (Lipinski definition) is 0. The van der Waals surface area contributed by atoms with Crippen LogP contribution in [0.4, 0.5) is 0 Å². The Balaban J connectivity index is 1.02. The summed E-state index contributed by atoms with van der Waals surface area (Å²) in [6.45, 7) is 0. The molecule has 0 bridgehead atoms. The van der Waals surface area contributed by atoms with Crippen molar-refractivity contribution >= 4 is 11.8 Å². The fraction of sp³-hybridized carbons (Fsp3) is 0.0189. The molecule has 56 heavy (non-hydrogen) atoms. The van der Waals surface area contributed by atoms with Crippen LogP contribution >= 0.6 is 11.8 Å². The summed E-state index contributed by atoms with van der Waals surface area (Å²) in [7, 11) is 0. The molecule has 262 valence electrons. The van der Waals surface area contributed by atoms with E-state index in [9.17, 15) is 0 Å². The van der Waals surface area contributed by atoms with Crippen molar-refractivity contribution in [3.8, 4) is 67.3 Å². The second-order valence-electron chi connectivity index (χ2n) is 14.5. The highest BCUT2D eigenvalue weighted by Crippen LogP contribution is 2.62. The first-order valence-electron chi connectivity index (χ1n) is 19.1. The highest BCUT2D eigenvalue weighted by molar-refractivity contribution is 7.99. The Morgan fingerprint density at radius 3 is 1.50 bits per heavy atom. The quantitative estimate of drug-likeness (QED) is 0.176. The van der Waals surface area contributed by atoms with Crippen LogP contribution in [0.2, 0.25) is 0 Å². The van der Waals surface area contributed by atoms with Crippen molar-refractivity contribution in [1.82, 2.24) is 9.97 Å². The summed E-state index contributed by atoms with van der Waals surface area (Å²) >= 11 is 1.88. The minimum absolute atomic E-state index is 0.399. The Kier molecular flexibility index (Phi) is 7.68. The van der Waals surface area contributed by atoms with Gasteiger partial charge in [0.05, 0.1) is 16.8 Å². The van der Waals surface area contributed by atoms with Crippen LogP contribution in [0.25, 0.3) is 67.3 Å². The highest BCUT2D eigenvalue weighted by Gasteiger charge is 2.50. The van der Waals surface area contributed by atoms with Gasteiger partial charge in [0.25, 0.3) is 0 Å². The molecule has 0 amide bonds. The molecule has 3 heteroatoms. The van der Waals surface area contributed by atoms with Gasteiger partial charge in [0.2, 0.25) is 0 Å². The van der Waals surface area contributed by atoms with Gasteiger partial charge in [-0.05, 0) is 86.0 Å². The third kappa shape index (κ3) is 5.20. The van der Waals surface area contributed by atoms with Crippen LogP contribution < -0.4 is 0 Å². The van der Waals surface area contributed by atoms with Crippen molar-refractivity contribution in [2.45, 2.75) is 15.2 Å². The summed E-state index contributed by atoms with van der Waals surface area (Å²) in [6, 6.07) is 74.4. The molecule has 1 spiro atoms. The van der Waals surface area contributed by atoms with E-state index in [1.54, 1.807) is 0 Å². The lowest BCUT2D eigenvalue weighted by Crippen LogP contribution is -2.32. The third-order valence-corrected chi connectivity index (χ3v) is 12.5. The molecule has 2 aliphatic rings. The molecular formula is C53H34N2S. The molecule has 0 radical (unpaired) electrons. The Hall–Kier alpha value is -6.81. The second-order valence-corrected chi connectivity index (χ2v) is 15.6. The number of benzene rings is 8. The topological polar surface area (TPSA) is 25.8 Å². The second kappa shape index (κ2) is 13.2. The van der Waals surface area contributed by atoms with Gasteiger partial charge in [-0.15, -0.1) is 0 Å². The van der Waals surface area contributed by atoms with E-state index >= 15 is 0 Å². The van der Waals surface area contributed by atoms with Crippen molar-refractivity contribution in [2.75, 3.05) is 0 Å². The van der Waals surface area contributed by atoms with Crippen molar-refractivity contribution in [3.05, 3.63) is 229 Å². The fourth-order valence-electron chi connectivity index (χ4n) is 8.82. The van der Waals surface area contributed by atoms with Gasteiger partial charge in [0.1, 0.15) is 0 Å². The lowest BCUT2D eigenvalue weighted by Gasteiger charge is -2.40. The van der Waals surface area contributed by atoms with Gasteiger partial charge in [-0.1, -0.05) is 188 Å². The van der Waals surface area contributed by atoms with Crippen molar-refractivity contribution in [1.29, 1.82) is 0 Å². The van der Waals surface area contributed by atoms with E-state index in [0.717, 1.165) is 33.6 Å². The molecule has 8 aromatic carbocycles. The van der Waals surface area contributed by atoms with Gasteiger partial charge in [0, 0.05) is 26.5 Å². The third-order valence-electron chi connectivity index (χ3n) is 11.4. The van der Waals surface area contributed by atoms with Gasteiger partial charge < -0.3 is 0 Å². The molecule has 0 fully saturated rings. The molecule has 1 aromatic heterocycles. The van der Waals surface area contributed by atoms with Crippen molar-refractivity contribution < 1.29 is 0 Å². The van der Waals surface area contributed by atoms with Crippen LogP contribution in [-0.2, 0) is 5.41 Å². The molecular weight excluding hydrogens is 697 g/mol. The smallest absolute Gasteiger partial charge is 0.160 e. The highest BCUT2D eigenvalue weighted by atomic mass is 32.2. The molecule has 0 N–H and O–H groups in total. The van der Waals surface area contributed by atoms with E-state index in [1.165, 1.54) is 59.9 Å². The predicted octanol–water partition coefficient (Wildman–Crippen LogP) is 13.6. The minimum atomic E-state index is -0.399. The lowest BCUT2D eigenvalue weighted by molar-refractivity contribution is 0.723. The predicted molar refractivity (Wildman–Crippen MR) is 231 cm³/mol. The van der Waals surface area contributed by atoms with E-state index in [1.807, 2.05) is 30.0 Å². The monoisotopic (exact) mass is 730 g/mol. The molecule has 11 rings (SSSR count). The van der Waals surface area contributed by atoms with E-state index in [4.69, 9.17) is 9.97 Å². The van der Waals surface area contributed by atoms with Gasteiger partial charge in [-0.25, -0.2) is 9.97 Å². The van der Waals surface area contributed by atoms with Crippen LogP contribution in [0.5, 0.6) is 0 Å². The molecule has 0 saturated heterocycles. The molecule has 2 heterocycles. The summed E-state index contributed by atoms with van der Waals surface area (Å²) in [5, 5.41) is 0. The normalized spacial score (nSPS) is 13.1. The van der Waals surface area contributed by atoms with E-state index < -0.39 is 5.41 Å². The average molecular weight is 731 g/mol. The van der Waals surface area contributed by atoms with Crippen LogP contribution in [0.1, 0.15) is 22.3 Å². The van der Waals surface area contributed by atoms with Crippen molar-refractivity contribution in [2.24, 2.45) is 0 Å². The molecule has 0 atom stereocenters. The summed E-state index contributed by atoms with van der Waals surface area (Å²) in [6.07, 6.45) is 0. The summed E-state index contributed by atoms with van der Waals surface area (Å²) in [5.74, 6) is 0.710. The molecule has 1 aliphatic carbocycles. The van der Waals surface area contributed by atoms with Gasteiger partial charge in [-0.3, -0.25) is 0 Å². The summed E-state index contributed by atoms with van der Waals surface area (Å²) in [4.78, 5) is 12.9. The Morgan fingerprint density at radius 1 is 0.304 bits per heavy atom. The van der Waals surface area contributed by atoms with Gasteiger partial charge in [0.15, 0.2) is 5.82 Å². The first kappa shape index (κ1) is 32.6. The Morgan fingerprint density at radius 2 is 0.786 bits per heavy atom. The van der Waals surface area contributed by atoms with E-state index in [-0.39, 0.29) is 0 Å². The molecule has 1 aliphatic heterocycles. The zero-order valence-corrected chi connectivity index (χ0v) is 31.2. The Labute approximate surface area is 331 Å².